The molecule has 2 aromatic rings. The fourth-order valence-electron chi connectivity index (χ4n) is 3.30. The summed E-state index contributed by atoms with van der Waals surface area (Å²) >= 11 is 3.24. The first kappa shape index (κ1) is 19.9. The molecule has 1 N–H and O–H groups in total. The number of carbonyl (C=O) groups excluding carboxylic acids is 1. The Hall–Kier alpha value is -1.83. The van der Waals surface area contributed by atoms with Crippen molar-refractivity contribution < 1.29 is 9.21 Å². The van der Waals surface area contributed by atoms with Crippen molar-refractivity contribution in [1.29, 1.82) is 0 Å². The molecular weight excluding hydrogens is 408 g/mol. The van der Waals surface area contributed by atoms with E-state index in [0.29, 0.717) is 17.0 Å². The van der Waals surface area contributed by atoms with Gasteiger partial charge in [0, 0.05) is 52.5 Å². The molecule has 0 aliphatic carbocycles. The number of hydrogen-bond donors (Lipinski definition) is 1. The molecule has 0 radical (unpaired) electrons. The van der Waals surface area contributed by atoms with E-state index in [0.717, 1.165) is 26.2 Å². The van der Waals surface area contributed by atoms with Gasteiger partial charge < -0.3 is 19.5 Å². The van der Waals surface area contributed by atoms with Crippen LogP contribution in [0.15, 0.2) is 45.5 Å². The maximum absolute atomic E-state index is 12.4. The largest absolute Gasteiger partial charge is 0.444 e. The van der Waals surface area contributed by atoms with Crippen molar-refractivity contribution in [2.45, 2.75) is 6.04 Å². The van der Waals surface area contributed by atoms with E-state index in [1.54, 1.807) is 12.1 Å². The Labute approximate surface area is 169 Å². The van der Waals surface area contributed by atoms with Crippen LogP contribution in [0.4, 0.5) is 5.69 Å². The molecule has 1 aromatic carbocycles. The average molecular weight is 435 g/mol. The highest BCUT2D eigenvalue weighted by Gasteiger charge is 2.25. The zero-order valence-electron chi connectivity index (χ0n) is 16.1. The van der Waals surface area contributed by atoms with Crippen molar-refractivity contribution in [1.82, 2.24) is 15.1 Å². The summed E-state index contributed by atoms with van der Waals surface area (Å²) in [7, 11) is 6.22. The van der Waals surface area contributed by atoms with Crippen molar-refractivity contribution in [3.63, 3.8) is 0 Å². The van der Waals surface area contributed by atoms with Gasteiger partial charge >= 0.3 is 0 Å². The SMILES string of the molecule is CN1CCN([C@H](CNC(=O)c2ccc(Br)o2)c2ccc(N(C)C)cc2)CC1. The van der Waals surface area contributed by atoms with Crippen LogP contribution in [0.2, 0.25) is 0 Å². The summed E-state index contributed by atoms with van der Waals surface area (Å²) in [6.45, 7) is 4.58. The molecule has 0 unspecified atom stereocenters. The highest BCUT2D eigenvalue weighted by molar-refractivity contribution is 9.10. The summed E-state index contributed by atoms with van der Waals surface area (Å²) in [5, 5.41) is 3.04. The molecule has 1 amide bonds. The van der Waals surface area contributed by atoms with Crippen molar-refractivity contribution in [3.8, 4) is 0 Å². The lowest BCUT2D eigenvalue weighted by Gasteiger charge is -2.38. The lowest BCUT2D eigenvalue weighted by molar-refractivity contribution is 0.0862. The number of hydrogen-bond acceptors (Lipinski definition) is 5. The van der Waals surface area contributed by atoms with E-state index in [1.165, 1.54) is 11.3 Å². The third-order valence-corrected chi connectivity index (χ3v) is 5.45. The Balaban J connectivity index is 1.74. The third-order valence-electron chi connectivity index (χ3n) is 5.03. The first-order chi connectivity index (χ1) is 12.9. The molecule has 6 nitrogen and oxygen atoms in total. The fraction of sp³-hybridized carbons (Fsp3) is 0.450. The smallest absolute Gasteiger partial charge is 0.287 e. The van der Waals surface area contributed by atoms with Crippen molar-refractivity contribution >= 4 is 27.5 Å². The van der Waals surface area contributed by atoms with Crippen LogP contribution in [0, 0.1) is 0 Å². The lowest BCUT2D eigenvalue weighted by atomic mass is 10.0. The van der Waals surface area contributed by atoms with E-state index < -0.39 is 0 Å². The monoisotopic (exact) mass is 434 g/mol. The lowest BCUT2D eigenvalue weighted by Crippen LogP contribution is -2.48. The molecule has 1 aliphatic rings. The van der Waals surface area contributed by atoms with Gasteiger partial charge in [0.25, 0.3) is 5.91 Å². The Kier molecular flexibility index (Phi) is 6.57. The fourth-order valence-corrected chi connectivity index (χ4v) is 3.61. The number of rotatable bonds is 6. The van der Waals surface area contributed by atoms with E-state index in [9.17, 15) is 4.79 Å². The normalized spacial score (nSPS) is 16.9. The number of nitrogens with one attached hydrogen (secondary N) is 1. The summed E-state index contributed by atoms with van der Waals surface area (Å²) in [5.41, 5.74) is 2.38. The summed E-state index contributed by atoms with van der Waals surface area (Å²) < 4.78 is 5.92. The van der Waals surface area contributed by atoms with E-state index in [2.05, 4.69) is 67.3 Å². The minimum Gasteiger partial charge on any atom is -0.444 e. The molecule has 7 heteroatoms. The first-order valence-electron chi connectivity index (χ1n) is 9.17. The van der Waals surface area contributed by atoms with Crippen LogP contribution in [-0.2, 0) is 0 Å². The number of carbonyl (C=O) groups is 1. The molecule has 27 heavy (non-hydrogen) atoms. The van der Waals surface area contributed by atoms with Crippen LogP contribution in [0.25, 0.3) is 0 Å². The number of nitrogens with zero attached hydrogens (tertiary/aromatic N) is 3. The van der Waals surface area contributed by atoms with E-state index >= 15 is 0 Å². The second-order valence-corrected chi connectivity index (χ2v) is 7.94. The van der Waals surface area contributed by atoms with Crippen LogP contribution in [-0.4, -0.2) is 69.6 Å². The molecule has 146 valence electrons. The maximum atomic E-state index is 12.4. The highest BCUT2D eigenvalue weighted by Crippen LogP contribution is 2.24. The molecular formula is C20H27BrN4O2. The average Bonchev–Trinajstić information content (AvgIpc) is 3.10. The highest BCUT2D eigenvalue weighted by atomic mass is 79.9. The number of likely N-dealkylation sites (N-methyl/N-ethyl adjacent to an activating group) is 1. The molecule has 0 spiro atoms. The van der Waals surface area contributed by atoms with Gasteiger partial charge in [-0.15, -0.1) is 0 Å². The van der Waals surface area contributed by atoms with Crippen LogP contribution in [0.1, 0.15) is 22.2 Å². The second kappa shape index (κ2) is 8.91. The second-order valence-electron chi connectivity index (χ2n) is 7.15. The summed E-state index contributed by atoms with van der Waals surface area (Å²) in [6, 6.07) is 12.1. The number of furan rings is 1. The minimum atomic E-state index is -0.190. The van der Waals surface area contributed by atoms with Gasteiger partial charge in [0.2, 0.25) is 0 Å². The topological polar surface area (TPSA) is 52.0 Å². The van der Waals surface area contributed by atoms with Crippen molar-refractivity contribution in [2.75, 3.05) is 58.8 Å². The summed E-state index contributed by atoms with van der Waals surface area (Å²) in [6.07, 6.45) is 0. The maximum Gasteiger partial charge on any atom is 0.287 e. The Morgan fingerprint density at radius 2 is 1.81 bits per heavy atom. The Morgan fingerprint density at radius 1 is 1.15 bits per heavy atom. The van der Waals surface area contributed by atoms with Gasteiger partial charge in [0.15, 0.2) is 10.4 Å². The van der Waals surface area contributed by atoms with Gasteiger partial charge in [0.05, 0.1) is 6.04 Å². The standard InChI is InChI=1S/C20H27BrN4O2/c1-23(2)16-6-4-15(5-7-16)17(25-12-10-24(3)11-13-25)14-22-20(26)18-8-9-19(21)27-18/h4-9,17H,10-14H2,1-3H3,(H,22,26)/t17-/m1/s1. The third kappa shape index (κ3) is 5.12. The number of anilines is 1. The van der Waals surface area contributed by atoms with Gasteiger partial charge in [-0.1, -0.05) is 12.1 Å². The molecule has 0 saturated carbocycles. The van der Waals surface area contributed by atoms with E-state index in [4.69, 9.17) is 4.42 Å². The first-order valence-corrected chi connectivity index (χ1v) is 9.97. The molecule has 1 saturated heterocycles. The molecule has 1 fully saturated rings. The number of amides is 1. The molecule has 3 rings (SSSR count). The van der Waals surface area contributed by atoms with E-state index in [-0.39, 0.29) is 11.9 Å². The van der Waals surface area contributed by atoms with Gasteiger partial charge in [0.1, 0.15) is 0 Å². The predicted octanol–water partition coefficient (Wildman–Crippen LogP) is 2.83. The van der Waals surface area contributed by atoms with Crippen LogP contribution < -0.4 is 10.2 Å². The van der Waals surface area contributed by atoms with Gasteiger partial charge in [-0.3, -0.25) is 9.69 Å². The predicted molar refractivity (Wildman–Crippen MR) is 111 cm³/mol. The summed E-state index contributed by atoms with van der Waals surface area (Å²) in [4.78, 5) is 19.3. The number of piperazine rings is 1. The van der Waals surface area contributed by atoms with E-state index in [1.807, 2.05) is 14.1 Å². The molecule has 1 aliphatic heterocycles. The Morgan fingerprint density at radius 3 is 2.37 bits per heavy atom. The minimum absolute atomic E-state index is 0.136. The van der Waals surface area contributed by atoms with Gasteiger partial charge in [-0.2, -0.15) is 0 Å². The summed E-state index contributed by atoms with van der Waals surface area (Å²) in [5.74, 6) is 0.131. The Bertz CT molecular complexity index is 752. The number of benzene rings is 1. The number of halogens is 1. The zero-order chi connectivity index (χ0) is 19.4. The molecule has 1 atom stereocenters. The van der Waals surface area contributed by atoms with Crippen molar-refractivity contribution in [3.05, 3.63) is 52.4 Å². The quantitative estimate of drug-likeness (QED) is 0.757. The van der Waals surface area contributed by atoms with Crippen LogP contribution >= 0.6 is 15.9 Å². The van der Waals surface area contributed by atoms with Gasteiger partial charge in [-0.05, 0) is 52.8 Å². The molecule has 1 aromatic heterocycles. The van der Waals surface area contributed by atoms with Crippen molar-refractivity contribution in [2.24, 2.45) is 0 Å². The molecule has 0 bridgehead atoms. The van der Waals surface area contributed by atoms with Gasteiger partial charge in [-0.25, -0.2) is 0 Å². The zero-order valence-corrected chi connectivity index (χ0v) is 17.7. The molecule has 2 heterocycles. The van der Waals surface area contributed by atoms with Crippen LogP contribution in [0.5, 0.6) is 0 Å². The van der Waals surface area contributed by atoms with Crippen LogP contribution in [0.3, 0.4) is 0 Å².